The molecule has 3 aromatic carbocycles. The minimum Gasteiger partial charge on any atom is -0.449 e. The lowest BCUT2D eigenvalue weighted by Crippen LogP contribution is -2.57. The molecular weight excluding hydrogens is 711 g/mol. The van der Waals surface area contributed by atoms with E-state index in [1.807, 2.05) is 54.6 Å². The summed E-state index contributed by atoms with van der Waals surface area (Å²) in [4.78, 5) is 70.8. The first-order valence-corrected chi connectivity index (χ1v) is 19.3. The highest BCUT2D eigenvalue weighted by Gasteiger charge is 2.44. The summed E-state index contributed by atoms with van der Waals surface area (Å²) in [5.41, 5.74) is 6.18. The molecule has 0 saturated carbocycles. The molecule has 1 fully saturated rings. The van der Waals surface area contributed by atoms with Crippen LogP contribution in [-0.2, 0) is 30.3 Å². The topological polar surface area (TPSA) is 146 Å². The minimum atomic E-state index is -1.21. The number of rotatable bonds is 10. The number of benzene rings is 3. The maximum atomic E-state index is 14.4. The van der Waals surface area contributed by atoms with E-state index in [1.165, 1.54) is 24.4 Å². The van der Waals surface area contributed by atoms with Gasteiger partial charge in [-0.05, 0) is 99.3 Å². The fourth-order valence-electron chi connectivity index (χ4n) is 7.90. The molecule has 5 atom stereocenters. The SMILES string of the molecule is C=C(C)[C@H](NC(=O)[C@H](C)N(C)C(=O)OC(C)(C)C)C(=O)N1C[C@@H](NC(=O)OCC2c3ccccc3-c3ccccc32)C[C@H]1C(=O)N[C@@H]1CCCc2ccccc21. The molecule has 3 aromatic rings. The number of amides is 5. The van der Waals surface area contributed by atoms with Gasteiger partial charge in [-0.15, -0.1) is 0 Å². The second kappa shape index (κ2) is 16.6. The van der Waals surface area contributed by atoms with Crippen molar-refractivity contribution in [2.45, 2.75) is 102 Å². The van der Waals surface area contributed by atoms with Gasteiger partial charge in [0.15, 0.2) is 0 Å². The summed E-state index contributed by atoms with van der Waals surface area (Å²) in [5.74, 6) is -1.66. The van der Waals surface area contributed by atoms with Gasteiger partial charge in [-0.25, -0.2) is 9.59 Å². The second-order valence-electron chi connectivity index (χ2n) is 16.1. The minimum absolute atomic E-state index is 0.00458. The molecule has 5 amide bonds. The van der Waals surface area contributed by atoms with Crippen LogP contribution in [0.15, 0.2) is 84.9 Å². The monoisotopic (exact) mass is 763 g/mol. The maximum Gasteiger partial charge on any atom is 0.410 e. The third kappa shape index (κ3) is 8.74. The van der Waals surface area contributed by atoms with Crippen LogP contribution in [-0.4, -0.2) is 89.7 Å². The van der Waals surface area contributed by atoms with Gasteiger partial charge < -0.3 is 30.3 Å². The number of hydrogen-bond donors (Lipinski definition) is 3. The van der Waals surface area contributed by atoms with E-state index < -0.39 is 53.8 Å². The highest BCUT2D eigenvalue weighted by molar-refractivity contribution is 5.96. The molecular formula is C44H53N5O7. The molecule has 2 aliphatic carbocycles. The summed E-state index contributed by atoms with van der Waals surface area (Å²) in [5, 5.41) is 8.84. The fourth-order valence-corrected chi connectivity index (χ4v) is 7.90. The Bertz CT molecular complexity index is 1960. The van der Waals surface area contributed by atoms with Crippen LogP contribution in [0.5, 0.6) is 0 Å². The third-order valence-corrected chi connectivity index (χ3v) is 10.9. The van der Waals surface area contributed by atoms with Crippen LogP contribution in [0, 0.1) is 0 Å². The molecule has 1 saturated heterocycles. The average Bonchev–Trinajstić information content (AvgIpc) is 3.73. The number of carbonyl (C=O) groups is 5. The Kier molecular flexibility index (Phi) is 11.9. The Morgan fingerprint density at radius 3 is 2.14 bits per heavy atom. The summed E-state index contributed by atoms with van der Waals surface area (Å²) in [6.45, 7) is 12.4. The van der Waals surface area contributed by atoms with Crippen molar-refractivity contribution >= 4 is 29.9 Å². The van der Waals surface area contributed by atoms with Gasteiger partial charge in [0.05, 0.1) is 12.1 Å². The Labute approximate surface area is 329 Å². The van der Waals surface area contributed by atoms with Gasteiger partial charge in [-0.1, -0.05) is 79.4 Å². The Morgan fingerprint density at radius 1 is 0.911 bits per heavy atom. The zero-order valence-corrected chi connectivity index (χ0v) is 33.1. The van der Waals surface area contributed by atoms with Crippen LogP contribution < -0.4 is 16.0 Å². The standard InChI is InChI=1S/C44H53N5O7/c1-26(2)38(47-39(50)27(3)48(7)43(54)56-44(4,5)6)41(52)49-24-29(23-37(49)40(51)46-36-22-14-16-28-15-8-9-17-30(28)36)45-42(53)55-25-35-33-20-12-10-18-31(33)32-19-11-13-21-34(32)35/h8-13,15,17-21,27,29,35-38H,1,14,16,22-25H2,2-7H3,(H,45,53)(H,46,51)(H,47,50)/t27-,29-,36+,37-,38-/m0/s1. The van der Waals surface area contributed by atoms with Crippen molar-refractivity contribution in [3.63, 3.8) is 0 Å². The lowest BCUT2D eigenvalue weighted by molar-refractivity contribution is -0.141. The molecule has 0 radical (unpaired) electrons. The van der Waals surface area contributed by atoms with E-state index in [4.69, 9.17) is 9.47 Å². The lowest BCUT2D eigenvalue weighted by atomic mass is 9.87. The van der Waals surface area contributed by atoms with Crippen molar-refractivity contribution in [1.29, 1.82) is 0 Å². The molecule has 6 rings (SSSR count). The van der Waals surface area contributed by atoms with Crippen LogP contribution in [0.2, 0.25) is 0 Å². The van der Waals surface area contributed by atoms with Crippen LogP contribution >= 0.6 is 0 Å². The number of carbonyl (C=O) groups excluding carboxylic acids is 5. The molecule has 296 valence electrons. The first-order chi connectivity index (χ1) is 26.6. The number of alkyl carbamates (subject to hydrolysis) is 1. The predicted octanol–water partition coefficient (Wildman–Crippen LogP) is 6.00. The quantitative estimate of drug-likeness (QED) is 0.215. The number of likely N-dealkylation sites (tertiary alicyclic amines) is 1. The number of ether oxygens (including phenoxy) is 2. The molecule has 12 heteroatoms. The maximum absolute atomic E-state index is 14.4. The average molecular weight is 764 g/mol. The van der Waals surface area contributed by atoms with E-state index in [-0.39, 0.29) is 37.4 Å². The van der Waals surface area contributed by atoms with E-state index >= 15 is 0 Å². The largest absolute Gasteiger partial charge is 0.449 e. The van der Waals surface area contributed by atoms with Gasteiger partial charge >= 0.3 is 12.2 Å². The molecule has 1 aliphatic heterocycles. The number of nitrogens with one attached hydrogen (secondary N) is 3. The van der Waals surface area contributed by atoms with Gasteiger partial charge in [0.1, 0.15) is 30.3 Å². The fraction of sp³-hybridized carbons (Fsp3) is 0.432. The normalized spacial score (nSPS) is 19.7. The molecule has 3 aliphatic rings. The molecule has 56 heavy (non-hydrogen) atoms. The van der Waals surface area contributed by atoms with Crippen molar-refractivity contribution in [3.8, 4) is 11.1 Å². The van der Waals surface area contributed by atoms with E-state index in [9.17, 15) is 24.0 Å². The van der Waals surface area contributed by atoms with Crippen LogP contribution in [0.1, 0.15) is 88.1 Å². The third-order valence-electron chi connectivity index (χ3n) is 10.9. The number of nitrogens with zero attached hydrogens (tertiary/aromatic N) is 2. The molecule has 3 N–H and O–H groups in total. The number of hydrogen-bond acceptors (Lipinski definition) is 7. The van der Waals surface area contributed by atoms with Gasteiger partial charge in [-0.2, -0.15) is 0 Å². The Morgan fingerprint density at radius 2 is 1.52 bits per heavy atom. The van der Waals surface area contributed by atoms with Gasteiger partial charge in [0, 0.05) is 19.5 Å². The number of likely N-dealkylation sites (N-methyl/N-ethyl adjacent to an activating group) is 1. The summed E-state index contributed by atoms with van der Waals surface area (Å²) in [7, 11) is 1.44. The van der Waals surface area contributed by atoms with Gasteiger partial charge in [0.2, 0.25) is 17.7 Å². The smallest absolute Gasteiger partial charge is 0.410 e. The van der Waals surface area contributed by atoms with Crippen LogP contribution in [0.25, 0.3) is 11.1 Å². The zero-order chi connectivity index (χ0) is 40.3. The van der Waals surface area contributed by atoms with Crippen molar-refractivity contribution < 1.29 is 33.4 Å². The van der Waals surface area contributed by atoms with Crippen molar-refractivity contribution in [3.05, 3.63) is 107 Å². The van der Waals surface area contributed by atoms with E-state index in [1.54, 1.807) is 27.7 Å². The molecule has 0 spiro atoms. The zero-order valence-electron chi connectivity index (χ0n) is 33.1. The summed E-state index contributed by atoms with van der Waals surface area (Å²) < 4.78 is 11.2. The van der Waals surface area contributed by atoms with Gasteiger partial charge in [-0.3, -0.25) is 19.3 Å². The number of fused-ring (bicyclic) bond motifs is 4. The highest BCUT2D eigenvalue weighted by Crippen LogP contribution is 2.44. The first-order valence-electron chi connectivity index (χ1n) is 19.3. The summed E-state index contributed by atoms with van der Waals surface area (Å²) in [6, 6.07) is 20.1. The molecule has 12 nitrogen and oxygen atoms in total. The molecule has 1 heterocycles. The lowest BCUT2D eigenvalue weighted by Gasteiger charge is -2.32. The van der Waals surface area contributed by atoms with E-state index in [0.717, 1.165) is 52.0 Å². The Balaban J connectivity index is 1.17. The van der Waals surface area contributed by atoms with E-state index in [2.05, 4.69) is 40.7 Å². The molecule has 0 aromatic heterocycles. The highest BCUT2D eigenvalue weighted by atomic mass is 16.6. The van der Waals surface area contributed by atoms with Crippen molar-refractivity contribution in [2.75, 3.05) is 20.2 Å². The predicted molar refractivity (Wildman–Crippen MR) is 213 cm³/mol. The summed E-state index contributed by atoms with van der Waals surface area (Å²) in [6.07, 6.45) is 1.35. The first kappa shape index (κ1) is 40.0. The van der Waals surface area contributed by atoms with E-state index in [0.29, 0.717) is 5.57 Å². The van der Waals surface area contributed by atoms with Crippen molar-refractivity contribution in [2.24, 2.45) is 0 Å². The Hall–Kier alpha value is -5.65. The second-order valence-corrected chi connectivity index (χ2v) is 16.1. The molecule has 0 bridgehead atoms. The van der Waals surface area contributed by atoms with Gasteiger partial charge in [0.25, 0.3) is 0 Å². The number of aryl methyl sites for hydroxylation is 1. The van der Waals surface area contributed by atoms with Crippen LogP contribution in [0.4, 0.5) is 9.59 Å². The van der Waals surface area contributed by atoms with Crippen LogP contribution in [0.3, 0.4) is 0 Å². The molecule has 0 unspecified atom stereocenters. The summed E-state index contributed by atoms with van der Waals surface area (Å²) >= 11 is 0. The van der Waals surface area contributed by atoms with Crippen molar-refractivity contribution in [1.82, 2.24) is 25.8 Å².